The summed E-state index contributed by atoms with van der Waals surface area (Å²) in [6.45, 7) is 5.71. The molecule has 2 aliphatic heterocycles. The number of hydrogen-bond acceptors (Lipinski definition) is 4. The Morgan fingerprint density at radius 1 is 1.20 bits per heavy atom. The first kappa shape index (κ1) is 20.8. The minimum Gasteiger partial charge on any atom is -0.454 e. The Morgan fingerprint density at radius 2 is 1.97 bits per heavy atom. The second kappa shape index (κ2) is 9.10. The Labute approximate surface area is 180 Å². The summed E-state index contributed by atoms with van der Waals surface area (Å²) in [5.74, 6) is 0.893. The van der Waals surface area contributed by atoms with Crippen molar-refractivity contribution < 1.29 is 18.7 Å². The molecule has 6 nitrogen and oxygen atoms in total. The smallest absolute Gasteiger partial charge is 0.322 e. The molecule has 0 saturated carbocycles. The van der Waals surface area contributed by atoms with Gasteiger partial charge in [-0.2, -0.15) is 0 Å². The third-order valence-corrected chi connectivity index (χ3v) is 5.96. The van der Waals surface area contributed by atoms with Crippen LogP contribution in [0.3, 0.4) is 0 Å². The van der Waals surface area contributed by atoms with Crippen LogP contribution in [-0.2, 0) is 6.54 Å². The van der Waals surface area contributed by atoms with Crippen LogP contribution in [0.5, 0.6) is 11.5 Å². The third kappa shape index (κ3) is 4.63. The van der Waals surface area contributed by atoms with Gasteiger partial charge in [-0.1, -0.05) is 24.6 Å². The van der Waals surface area contributed by atoms with Crippen molar-refractivity contribution in [2.45, 2.75) is 32.4 Å². The van der Waals surface area contributed by atoms with Crippen LogP contribution in [0.4, 0.5) is 14.9 Å². The summed E-state index contributed by atoms with van der Waals surface area (Å²) in [7, 11) is 0. The topological polar surface area (TPSA) is 54.0 Å². The Morgan fingerprint density at radius 3 is 2.70 bits per heavy atom. The zero-order valence-electron chi connectivity index (χ0n) is 16.9. The Kier molecular flexibility index (Phi) is 6.29. The van der Waals surface area contributed by atoms with E-state index in [-0.39, 0.29) is 23.9 Å². The number of nitrogens with one attached hydrogen (secondary N) is 1. The average Bonchev–Trinajstić information content (AvgIpc) is 3.22. The van der Waals surface area contributed by atoms with Crippen LogP contribution in [0.25, 0.3) is 0 Å². The molecule has 0 bridgehead atoms. The van der Waals surface area contributed by atoms with E-state index in [0.717, 1.165) is 38.0 Å². The first-order chi connectivity index (χ1) is 14.5. The van der Waals surface area contributed by atoms with E-state index < -0.39 is 5.82 Å². The number of ether oxygens (including phenoxy) is 2. The highest BCUT2D eigenvalue weighted by molar-refractivity contribution is 6.31. The molecule has 2 amide bonds. The molecule has 8 heteroatoms. The van der Waals surface area contributed by atoms with Crippen molar-refractivity contribution in [3.05, 3.63) is 52.8 Å². The van der Waals surface area contributed by atoms with E-state index in [4.69, 9.17) is 21.1 Å². The lowest BCUT2D eigenvalue weighted by atomic mass is 10.0. The highest BCUT2D eigenvalue weighted by atomic mass is 35.5. The number of amides is 2. The molecule has 0 aliphatic carbocycles. The van der Waals surface area contributed by atoms with E-state index in [9.17, 15) is 9.18 Å². The van der Waals surface area contributed by atoms with Crippen LogP contribution in [0, 0.1) is 5.82 Å². The van der Waals surface area contributed by atoms with Crippen LogP contribution in [-0.4, -0.2) is 48.3 Å². The summed E-state index contributed by atoms with van der Waals surface area (Å²) in [6.07, 6.45) is 1.80. The summed E-state index contributed by atoms with van der Waals surface area (Å²) in [6, 6.07) is 9.79. The maximum Gasteiger partial charge on any atom is 0.322 e. The predicted octanol–water partition coefficient (Wildman–Crippen LogP) is 4.73. The first-order valence-corrected chi connectivity index (χ1v) is 10.5. The standard InChI is InChI=1S/C22H25ClFN3O3/c1-2-26-9-7-17(8-10-26)27(13-15-3-6-20-21(11-15)30-14-29-20)22(28)25-16-4-5-19(24)18(23)12-16/h3-6,11-12,17H,2,7-10,13-14H2,1H3,(H,25,28). The van der Waals surface area contributed by atoms with Gasteiger partial charge in [0, 0.05) is 31.4 Å². The van der Waals surface area contributed by atoms with Gasteiger partial charge >= 0.3 is 6.03 Å². The molecule has 2 aromatic rings. The number of anilines is 1. The van der Waals surface area contributed by atoms with E-state index in [2.05, 4.69) is 17.1 Å². The lowest BCUT2D eigenvalue weighted by molar-refractivity contribution is 0.126. The summed E-state index contributed by atoms with van der Waals surface area (Å²) >= 11 is 5.87. The summed E-state index contributed by atoms with van der Waals surface area (Å²) < 4.78 is 24.3. The molecule has 4 rings (SSSR count). The number of hydrogen-bond donors (Lipinski definition) is 1. The monoisotopic (exact) mass is 433 g/mol. The zero-order chi connectivity index (χ0) is 21.1. The van der Waals surface area contributed by atoms with E-state index in [1.54, 1.807) is 0 Å². The van der Waals surface area contributed by atoms with Crippen molar-refractivity contribution in [1.29, 1.82) is 0 Å². The van der Waals surface area contributed by atoms with Crippen molar-refractivity contribution in [2.24, 2.45) is 0 Å². The molecule has 2 heterocycles. The van der Waals surface area contributed by atoms with Crippen LogP contribution >= 0.6 is 11.6 Å². The molecule has 1 saturated heterocycles. The van der Waals surface area contributed by atoms with Crippen molar-refractivity contribution in [3.8, 4) is 11.5 Å². The second-order valence-corrected chi connectivity index (χ2v) is 7.95. The Bertz CT molecular complexity index is 918. The van der Waals surface area contributed by atoms with Crippen LogP contribution < -0.4 is 14.8 Å². The van der Waals surface area contributed by atoms with Gasteiger partial charge in [-0.3, -0.25) is 0 Å². The van der Waals surface area contributed by atoms with Crippen molar-refractivity contribution in [3.63, 3.8) is 0 Å². The lowest BCUT2D eigenvalue weighted by Gasteiger charge is -2.38. The van der Waals surface area contributed by atoms with Gasteiger partial charge in [-0.15, -0.1) is 0 Å². The van der Waals surface area contributed by atoms with Gasteiger partial charge in [-0.05, 0) is 55.3 Å². The fourth-order valence-corrected chi connectivity index (χ4v) is 4.10. The third-order valence-electron chi connectivity index (χ3n) is 5.67. The first-order valence-electron chi connectivity index (χ1n) is 10.2. The lowest BCUT2D eigenvalue weighted by Crippen LogP contribution is -2.48. The van der Waals surface area contributed by atoms with Crippen LogP contribution in [0.15, 0.2) is 36.4 Å². The number of likely N-dealkylation sites (tertiary alicyclic amines) is 1. The van der Waals surface area contributed by atoms with Gasteiger partial charge in [0.15, 0.2) is 11.5 Å². The van der Waals surface area contributed by atoms with Gasteiger partial charge in [0.25, 0.3) is 0 Å². The molecular formula is C22H25ClFN3O3. The van der Waals surface area contributed by atoms with Gasteiger partial charge in [0.1, 0.15) is 5.82 Å². The number of benzene rings is 2. The number of fused-ring (bicyclic) bond motifs is 1. The van der Waals surface area contributed by atoms with Crippen molar-refractivity contribution >= 4 is 23.3 Å². The number of nitrogens with zero attached hydrogens (tertiary/aromatic N) is 2. The number of carbonyl (C=O) groups is 1. The molecule has 0 unspecified atom stereocenters. The molecule has 0 atom stereocenters. The maximum absolute atomic E-state index is 13.5. The van der Waals surface area contributed by atoms with Crippen molar-refractivity contribution in [1.82, 2.24) is 9.80 Å². The van der Waals surface area contributed by atoms with Gasteiger partial charge < -0.3 is 24.6 Å². The molecule has 0 spiro atoms. The summed E-state index contributed by atoms with van der Waals surface area (Å²) in [4.78, 5) is 17.4. The predicted molar refractivity (Wildman–Crippen MR) is 114 cm³/mol. The number of urea groups is 1. The second-order valence-electron chi connectivity index (χ2n) is 7.54. The van der Waals surface area contributed by atoms with Gasteiger partial charge in [0.05, 0.1) is 5.02 Å². The van der Waals surface area contributed by atoms with Crippen LogP contribution in [0.2, 0.25) is 5.02 Å². The largest absolute Gasteiger partial charge is 0.454 e. The average molecular weight is 434 g/mol. The van der Waals surface area contributed by atoms with E-state index in [0.29, 0.717) is 23.7 Å². The number of carbonyl (C=O) groups excluding carboxylic acids is 1. The van der Waals surface area contributed by atoms with Gasteiger partial charge in [0.2, 0.25) is 6.79 Å². The zero-order valence-corrected chi connectivity index (χ0v) is 17.6. The molecule has 160 valence electrons. The Balaban J connectivity index is 1.53. The highest BCUT2D eigenvalue weighted by Gasteiger charge is 2.28. The minimum absolute atomic E-state index is 0.0219. The molecular weight excluding hydrogens is 409 g/mol. The number of rotatable bonds is 5. The summed E-state index contributed by atoms with van der Waals surface area (Å²) in [5, 5.41) is 2.85. The summed E-state index contributed by atoms with van der Waals surface area (Å²) in [5.41, 5.74) is 1.43. The molecule has 1 N–H and O–H groups in total. The highest BCUT2D eigenvalue weighted by Crippen LogP contribution is 2.33. The van der Waals surface area contributed by atoms with E-state index >= 15 is 0 Å². The van der Waals surface area contributed by atoms with Crippen molar-refractivity contribution in [2.75, 3.05) is 31.7 Å². The van der Waals surface area contributed by atoms with E-state index in [1.807, 2.05) is 23.1 Å². The maximum atomic E-state index is 13.5. The molecule has 1 fully saturated rings. The molecule has 0 radical (unpaired) electrons. The normalized spacial score (nSPS) is 16.5. The molecule has 30 heavy (non-hydrogen) atoms. The fraction of sp³-hybridized carbons (Fsp3) is 0.409. The quantitative estimate of drug-likeness (QED) is 0.740. The van der Waals surface area contributed by atoms with Gasteiger partial charge in [-0.25, -0.2) is 9.18 Å². The van der Waals surface area contributed by atoms with Crippen LogP contribution in [0.1, 0.15) is 25.3 Å². The number of halogens is 2. The fourth-order valence-electron chi connectivity index (χ4n) is 3.92. The molecule has 2 aromatic carbocycles. The molecule has 2 aliphatic rings. The molecule has 0 aromatic heterocycles. The minimum atomic E-state index is -0.515. The number of piperidine rings is 1. The SMILES string of the molecule is CCN1CCC(N(Cc2ccc3c(c2)OCO3)C(=O)Nc2ccc(F)c(Cl)c2)CC1. The Hall–Kier alpha value is -2.51. The van der Waals surface area contributed by atoms with E-state index in [1.165, 1.54) is 18.2 Å².